The predicted molar refractivity (Wildman–Crippen MR) is 84.6 cm³/mol. The van der Waals surface area contributed by atoms with Crippen molar-refractivity contribution in [3.63, 3.8) is 0 Å². The maximum absolute atomic E-state index is 13.4. The molecular weight excluding hydrogens is 315 g/mol. The number of nitrogens with zero attached hydrogens (tertiary/aromatic N) is 3. The van der Waals surface area contributed by atoms with Crippen LogP contribution in [0.4, 0.5) is 4.39 Å². The highest BCUT2D eigenvalue weighted by molar-refractivity contribution is 5.83. The minimum absolute atomic E-state index is 0.134. The molecule has 0 saturated carbocycles. The molecule has 1 aromatic carbocycles. The lowest BCUT2D eigenvalue weighted by atomic mass is 10.1. The molecule has 0 saturated heterocycles. The molecule has 2 rings (SSSR count). The van der Waals surface area contributed by atoms with Crippen LogP contribution in [0.2, 0.25) is 0 Å². The van der Waals surface area contributed by atoms with Crippen LogP contribution in [-0.2, 0) is 22.5 Å². The molecule has 0 aliphatic heterocycles. The highest BCUT2D eigenvalue weighted by Crippen LogP contribution is 2.19. The van der Waals surface area contributed by atoms with Crippen molar-refractivity contribution in [1.82, 2.24) is 20.4 Å². The van der Waals surface area contributed by atoms with Gasteiger partial charge in [-0.1, -0.05) is 17.3 Å². The van der Waals surface area contributed by atoms with Crippen LogP contribution in [0.1, 0.15) is 23.3 Å². The Hall–Kier alpha value is -2.32. The second-order valence-corrected chi connectivity index (χ2v) is 5.49. The number of methoxy groups -OCH3 is 1. The Labute approximate surface area is 139 Å². The zero-order valence-corrected chi connectivity index (χ0v) is 14.0. The van der Waals surface area contributed by atoms with Gasteiger partial charge in [-0.3, -0.25) is 9.69 Å². The minimum atomic E-state index is -0.611. The van der Waals surface area contributed by atoms with Crippen molar-refractivity contribution in [3.8, 4) is 0 Å². The van der Waals surface area contributed by atoms with Crippen LogP contribution in [0, 0.1) is 5.82 Å². The Balaban J connectivity index is 1.99. The molecule has 0 spiro atoms. The van der Waals surface area contributed by atoms with Gasteiger partial charge in [0.15, 0.2) is 5.82 Å². The normalized spacial score (nSPS) is 12.4. The molecule has 0 bridgehead atoms. The van der Waals surface area contributed by atoms with E-state index in [1.807, 2.05) is 0 Å². The Bertz CT molecular complexity index is 675. The Morgan fingerprint density at radius 2 is 2.25 bits per heavy atom. The molecule has 0 radical (unpaired) electrons. The highest BCUT2D eigenvalue weighted by atomic mass is 19.1. The SMILES string of the molecule is COCCc1nc(CNC(=O)[C@H](c2cccc(F)c2)N(C)C)no1. The van der Waals surface area contributed by atoms with Crippen LogP contribution in [0.5, 0.6) is 0 Å². The maximum atomic E-state index is 13.4. The highest BCUT2D eigenvalue weighted by Gasteiger charge is 2.23. The molecular formula is C16H21FN4O3. The van der Waals surface area contributed by atoms with Crippen molar-refractivity contribution < 1.29 is 18.4 Å². The maximum Gasteiger partial charge on any atom is 0.242 e. The summed E-state index contributed by atoms with van der Waals surface area (Å²) in [5, 5.41) is 6.55. The summed E-state index contributed by atoms with van der Waals surface area (Å²) in [7, 11) is 5.10. The zero-order chi connectivity index (χ0) is 17.5. The van der Waals surface area contributed by atoms with Gasteiger partial charge >= 0.3 is 0 Å². The summed E-state index contributed by atoms with van der Waals surface area (Å²) in [5.41, 5.74) is 0.575. The minimum Gasteiger partial charge on any atom is -0.384 e. The van der Waals surface area contributed by atoms with E-state index in [0.29, 0.717) is 30.3 Å². The van der Waals surface area contributed by atoms with Crippen LogP contribution in [0.3, 0.4) is 0 Å². The van der Waals surface area contributed by atoms with Crippen molar-refractivity contribution >= 4 is 5.91 Å². The third-order valence-electron chi connectivity index (χ3n) is 3.38. The van der Waals surface area contributed by atoms with Crippen molar-refractivity contribution in [1.29, 1.82) is 0 Å². The quantitative estimate of drug-likeness (QED) is 0.783. The number of amides is 1. The number of aromatic nitrogens is 2. The molecule has 7 nitrogen and oxygen atoms in total. The van der Waals surface area contributed by atoms with E-state index in [-0.39, 0.29) is 18.3 Å². The first kappa shape index (κ1) is 18.0. The molecule has 0 aliphatic rings. The number of carbonyl (C=O) groups excluding carboxylic acids is 1. The summed E-state index contributed by atoms with van der Waals surface area (Å²) < 4.78 is 23.4. The molecule has 0 fully saturated rings. The number of nitrogens with one attached hydrogen (secondary N) is 1. The van der Waals surface area contributed by atoms with Gasteiger partial charge in [0.05, 0.1) is 19.6 Å². The van der Waals surface area contributed by atoms with Crippen molar-refractivity contribution in [2.24, 2.45) is 0 Å². The van der Waals surface area contributed by atoms with Gasteiger partial charge in [-0.25, -0.2) is 4.39 Å². The van der Waals surface area contributed by atoms with E-state index in [1.54, 1.807) is 38.2 Å². The third-order valence-corrected chi connectivity index (χ3v) is 3.38. The molecule has 1 amide bonds. The number of likely N-dealkylation sites (N-methyl/N-ethyl adjacent to an activating group) is 1. The fourth-order valence-corrected chi connectivity index (χ4v) is 2.28. The number of carbonyl (C=O) groups is 1. The average Bonchev–Trinajstić information content (AvgIpc) is 2.99. The molecule has 1 atom stereocenters. The van der Waals surface area contributed by atoms with Crippen molar-refractivity contribution in [2.75, 3.05) is 27.8 Å². The van der Waals surface area contributed by atoms with E-state index in [1.165, 1.54) is 12.1 Å². The number of hydrogen-bond acceptors (Lipinski definition) is 6. The van der Waals surface area contributed by atoms with Crippen LogP contribution in [0.25, 0.3) is 0 Å². The van der Waals surface area contributed by atoms with Gasteiger partial charge in [-0.05, 0) is 31.8 Å². The largest absolute Gasteiger partial charge is 0.384 e. The van der Waals surface area contributed by atoms with Crippen LogP contribution < -0.4 is 5.32 Å². The van der Waals surface area contributed by atoms with E-state index in [0.717, 1.165) is 0 Å². The van der Waals surface area contributed by atoms with E-state index in [9.17, 15) is 9.18 Å². The molecule has 0 unspecified atom stereocenters. The molecule has 24 heavy (non-hydrogen) atoms. The van der Waals surface area contributed by atoms with Gasteiger partial charge in [-0.2, -0.15) is 4.98 Å². The second-order valence-electron chi connectivity index (χ2n) is 5.49. The molecule has 2 aromatic rings. The summed E-state index contributed by atoms with van der Waals surface area (Å²) in [6, 6.07) is 5.37. The number of halogens is 1. The standard InChI is InChI=1S/C16H21FN4O3/c1-21(2)15(11-5-4-6-12(17)9-11)16(22)18-10-13-19-14(24-20-13)7-8-23-3/h4-6,9,15H,7-8,10H2,1-3H3,(H,18,22)/t15-/m0/s1. The number of benzene rings is 1. The fraction of sp³-hybridized carbons (Fsp3) is 0.438. The number of ether oxygens (including phenoxy) is 1. The molecule has 0 aliphatic carbocycles. The van der Waals surface area contributed by atoms with Gasteiger partial charge < -0.3 is 14.6 Å². The van der Waals surface area contributed by atoms with Crippen LogP contribution in [0.15, 0.2) is 28.8 Å². The first-order valence-electron chi connectivity index (χ1n) is 7.51. The summed E-state index contributed by atoms with van der Waals surface area (Å²) in [4.78, 5) is 18.3. The van der Waals surface area contributed by atoms with E-state index < -0.39 is 6.04 Å². The van der Waals surface area contributed by atoms with Gasteiger partial charge in [0.2, 0.25) is 11.8 Å². The topological polar surface area (TPSA) is 80.5 Å². The average molecular weight is 336 g/mol. The summed E-state index contributed by atoms with van der Waals surface area (Å²) >= 11 is 0. The van der Waals surface area contributed by atoms with E-state index in [4.69, 9.17) is 9.26 Å². The fourth-order valence-electron chi connectivity index (χ4n) is 2.28. The Morgan fingerprint density at radius 1 is 1.46 bits per heavy atom. The molecule has 8 heteroatoms. The zero-order valence-electron chi connectivity index (χ0n) is 14.0. The van der Waals surface area contributed by atoms with Gasteiger partial charge in [0.1, 0.15) is 11.9 Å². The lowest BCUT2D eigenvalue weighted by Gasteiger charge is -2.23. The van der Waals surface area contributed by atoms with E-state index in [2.05, 4.69) is 15.5 Å². The number of hydrogen-bond donors (Lipinski definition) is 1. The smallest absolute Gasteiger partial charge is 0.242 e. The predicted octanol–water partition coefficient (Wildman–Crippen LogP) is 1.32. The summed E-state index contributed by atoms with van der Waals surface area (Å²) in [5.74, 6) is 0.184. The number of rotatable bonds is 8. The Morgan fingerprint density at radius 3 is 2.92 bits per heavy atom. The first-order valence-corrected chi connectivity index (χ1v) is 7.51. The molecule has 130 valence electrons. The lowest BCUT2D eigenvalue weighted by molar-refractivity contribution is -0.126. The van der Waals surface area contributed by atoms with Gasteiger partial charge in [-0.15, -0.1) is 0 Å². The van der Waals surface area contributed by atoms with Crippen molar-refractivity contribution in [3.05, 3.63) is 47.4 Å². The molecule has 1 N–H and O–H groups in total. The van der Waals surface area contributed by atoms with E-state index >= 15 is 0 Å². The Kier molecular flexibility index (Phi) is 6.39. The second kappa shape index (κ2) is 8.51. The third kappa shape index (κ3) is 4.84. The van der Waals surface area contributed by atoms with Crippen LogP contribution >= 0.6 is 0 Å². The van der Waals surface area contributed by atoms with Crippen LogP contribution in [-0.4, -0.2) is 48.8 Å². The molecule has 1 heterocycles. The van der Waals surface area contributed by atoms with Gasteiger partial charge in [0, 0.05) is 7.11 Å². The molecule has 1 aromatic heterocycles. The van der Waals surface area contributed by atoms with Gasteiger partial charge in [0.25, 0.3) is 0 Å². The lowest BCUT2D eigenvalue weighted by Crippen LogP contribution is -2.37. The summed E-state index contributed by atoms with van der Waals surface area (Å²) in [6.07, 6.45) is 0.515. The monoisotopic (exact) mass is 336 g/mol. The van der Waals surface area contributed by atoms with Crippen molar-refractivity contribution in [2.45, 2.75) is 19.0 Å². The summed E-state index contributed by atoms with van der Waals surface area (Å²) in [6.45, 7) is 0.616. The first-order chi connectivity index (χ1) is 11.5.